The summed E-state index contributed by atoms with van der Waals surface area (Å²) in [6.07, 6.45) is -4.63. The maximum atomic E-state index is 13.7. The molecule has 2 aromatic carbocycles. The van der Waals surface area contributed by atoms with E-state index in [4.69, 9.17) is 15.2 Å². The number of ether oxygens (including phenoxy) is 2. The second kappa shape index (κ2) is 10.4. The van der Waals surface area contributed by atoms with Crippen LogP contribution in [0.25, 0.3) is 0 Å². The summed E-state index contributed by atoms with van der Waals surface area (Å²) in [4.78, 5) is 23.2. The minimum atomic E-state index is -4.91. The van der Waals surface area contributed by atoms with Gasteiger partial charge in [-0.15, -0.1) is 0 Å². The molecule has 0 aliphatic carbocycles. The zero-order valence-corrected chi connectivity index (χ0v) is 19.9. The molecule has 6 nitrogen and oxygen atoms in total. The smallest absolute Gasteiger partial charge is 0.423 e. The molecular weight excluding hydrogens is 451 g/mol. The van der Waals surface area contributed by atoms with Gasteiger partial charge >= 0.3 is 12.3 Å². The highest BCUT2D eigenvalue weighted by molar-refractivity contribution is 6.00. The SMILES string of the molecule is Cc1cc(COc2ccc(C(=O)C(C)C)c(O)c2C(F)(F)F)ccc1CCC(C)(C)OC(N)=O. The highest BCUT2D eigenvalue weighted by atomic mass is 19.4. The Kier molecular flexibility index (Phi) is 8.23. The number of hydrogen-bond acceptors (Lipinski definition) is 5. The van der Waals surface area contributed by atoms with Gasteiger partial charge in [-0.25, -0.2) is 4.79 Å². The van der Waals surface area contributed by atoms with Crippen molar-refractivity contribution in [2.75, 3.05) is 0 Å². The van der Waals surface area contributed by atoms with Crippen LogP contribution < -0.4 is 10.5 Å². The fraction of sp³-hybridized carbons (Fsp3) is 0.440. The van der Waals surface area contributed by atoms with Crippen molar-refractivity contribution in [3.05, 3.63) is 58.1 Å². The summed E-state index contributed by atoms with van der Waals surface area (Å²) in [5, 5.41) is 10.2. The molecule has 0 saturated carbocycles. The van der Waals surface area contributed by atoms with E-state index >= 15 is 0 Å². The topological polar surface area (TPSA) is 98.8 Å². The van der Waals surface area contributed by atoms with Gasteiger partial charge in [0.05, 0.1) is 5.56 Å². The van der Waals surface area contributed by atoms with Gasteiger partial charge in [-0.1, -0.05) is 32.0 Å². The fourth-order valence-corrected chi connectivity index (χ4v) is 3.53. The molecule has 0 fully saturated rings. The van der Waals surface area contributed by atoms with Crippen LogP contribution in [-0.4, -0.2) is 22.6 Å². The van der Waals surface area contributed by atoms with Crippen molar-refractivity contribution in [3.63, 3.8) is 0 Å². The first kappa shape index (κ1) is 27.0. The summed E-state index contributed by atoms with van der Waals surface area (Å²) in [6, 6.07) is 7.56. The summed E-state index contributed by atoms with van der Waals surface area (Å²) in [6.45, 7) is 8.28. The van der Waals surface area contributed by atoms with E-state index in [1.807, 2.05) is 13.0 Å². The Bertz CT molecular complexity index is 1060. The monoisotopic (exact) mass is 481 g/mol. The van der Waals surface area contributed by atoms with E-state index < -0.39 is 52.2 Å². The summed E-state index contributed by atoms with van der Waals surface area (Å²) >= 11 is 0. The Morgan fingerprint density at radius 1 is 1.12 bits per heavy atom. The summed E-state index contributed by atoms with van der Waals surface area (Å²) in [5.74, 6) is -2.85. The van der Waals surface area contributed by atoms with Gasteiger partial charge < -0.3 is 20.3 Å². The predicted molar refractivity (Wildman–Crippen MR) is 121 cm³/mol. The summed E-state index contributed by atoms with van der Waals surface area (Å²) < 4.78 is 51.5. The molecule has 0 bridgehead atoms. The van der Waals surface area contributed by atoms with Crippen LogP contribution in [0.1, 0.15) is 66.7 Å². The number of aromatic hydroxyl groups is 1. The number of amides is 1. The van der Waals surface area contributed by atoms with Gasteiger partial charge in [0, 0.05) is 5.92 Å². The first-order chi connectivity index (χ1) is 15.6. The molecule has 186 valence electrons. The van der Waals surface area contributed by atoms with Crippen molar-refractivity contribution in [1.29, 1.82) is 0 Å². The molecule has 0 aliphatic rings. The number of primary amides is 1. The second-order valence-electron chi connectivity index (χ2n) is 9.08. The predicted octanol–water partition coefficient (Wildman–Crippen LogP) is 5.94. The second-order valence-corrected chi connectivity index (χ2v) is 9.08. The summed E-state index contributed by atoms with van der Waals surface area (Å²) in [7, 11) is 0. The molecule has 0 radical (unpaired) electrons. The molecule has 3 N–H and O–H groups in total. The maximum Gasteiger partial charge on any atom is 0.423 e. The fourth-order valence-electron chi connectivity index (χ4n) is 3.53. The van der Waals surface area contributed by atoms with E-state index in [0.717, 1.165) is 23.3 Å². The Morgan fingerprint density at radius 2 is 1.76 bits per heavy atom. The highest BCUT2D eigenvalue weighted by Gasteiger charge is 2.40. The van der Waals surface area contributed by atoms with Crippen LogP contribution in [-0.2, 0) is 23.9 Å². The first-order valence-electron chi connectivity index (χ1n) is 10.8. The van der Waals surface area contributed by atoms with Crippen molar-refractivity contribution in [2.45, 2.75) is 65.8 Å². The lowest BCUT2D eigenvalue weighted by Crippen LogP contribution is -2.31. The lowest BCUT2D eigenvalue weighted by molar-refractivity contribution is -0.140. The highest BCUT2D eigenvalue weighted by Crippen LogP contribution is 2.44. The van der Waals surface area contributed by atoms with Gasteiger partial charge in [-0.2, -0.15) is 13.2 Å². The number of hydrogen-bond donors (Lipinski definition) is 2. The molecule has 9 heteroatoms. The molecule has 0 spiro atoms. The van der Waals surface area contributed by atoms with E-state index in [-0.39, 0.29) is 6.61 Å². The van der Waals surface area contributed by atoms with Crippen molar-refractivity contribution < 1.29 is 37.3 Å². The zero-order valence-electron chi connectivity index (χ0n) is 19.9. The number of carbonyl (C=O) groups excluding carboxylic acids is 2. The van der Waals surface area contributed by atoms with Crippen LogP contribution in [0, 0.1) is 12.8 Å². The van der Waals surface area contributed by atoms with Crippen LogP contribution in [0.3, 0.4) is 0 Å². The lowest BCUT2D eigenvalue weighted by atomic mass is 9.95. The number of alkyl halides is 3. The quantitative estimate of drug-likeness (QED) is 0.432. The van der Waals surface area contributed by atoms with Gasteiger partial charge in [-0.3, -0.25) is 4.79 Å². The Balaban J connectivity index is 2.20. The Hall–Kier alpha value is -3.23. The number of ketones is 1. The lowest BCUT2D eigenvalue weighted by Gasteiger charge is -2.24. The Morgan fingerprint density at radius 3 is 2.29 bits per heavy atom. The molecule has 2 aromatic rings. The normalized spacial score (nSPS) is 12.0. The molecule has 0 aliphatic heterocycles. The third-order valence-corrected chi connectivity index (χ3v) is 5.39. The van der Waals surface area contributed by atoms with Crippen molar-refractivity contribution >= 4 is 11.9 Å². The third-order valence-electron chi connectivity index (χ3n) is 5.39. The molecule has 0 aromatic heterocycles. The third kappa shape index (κ3) is 6.88. The van der Waals surface area contributed by atoms with Crippen LogP contribution in [0.5, 0.6) is 11.5 Å². The number of phenolic OH excluding ortho intramolecular Hbond substituents is 1. The van der Waals surface area contributed by atoms with Crippen LogP contribution in [0.4, 0.5) is 18.0 Å². The molecule has 0 atom stereocenters. The van der Waals surface area contributed by atoms with Crippen LogP contribution in [0.15, 0.2) is 30.3 Å². The van der Waals surface area contributed by atoms with Crippen molar-refractivity contribution in [2.24, 2.45) is 11.7 Å². The van der Waals surface area contributed by atoms with Crippen molar-refractivity contribution in [3.8, 4) is 11.5 Å². The standard InChI is InChI=1S/C25H30F3NO5/c1-14(2)21(30)18-8-9-19(20(22(18)31)25(26,27)28)33-13-16-6-7-17(15(3)12-16)10-11-24(4,5)34-23(29)32/h6-9,12,14,31H,10-11,13H2,1-5H3,(H2,29,32). The molecule has 34 heavy (non-hydrogen) atoms. The first-order valence-corrected chi connectivity index (χ1v) is 10.8. The average molecular weight is 482 g/mol. The minimum Gasteiger partial charge on any atom is -0.506 e. The maximum absolute atomic E-state index is 13.7. The van der Waals surface area contributed by atoms with Crippen LogP contribution >= 0.6 is 0 Å². The number of benzene rings is 2. The van der Waals surface area contributed by atoms with Gasteiger partial charge in [-0.05, 0) is 62.4 Å². The molecular formula is C25H30F3NO5. The average Bonchev–Trinajstić information content (AvgIpc) is 2.69. The molecule has 0 saturated heterocycles. The number of rotatable bonds is 9. The molecule has 2 rings (SSSR count). The van der Waals surface area contributed by atoms with Gasteiger partial charge in [0.15, 0.2) is 5.78 Å². The number of nitrogens with two attached hydrogens (primary N) is 1. The number of aryl methyl sites for hydroxylation is 2. The zero-order chi connectivity index (χ0) is 25.8. The number of phenols is 1. The van der Waals surface area contributed by atoms with E-state index in [2.05, 4.69) is 0 Å². The number of Topliss-reactive ketones (excluding diaryl/α,β-unsaturated/α-hetero) is 1. The number of halogens is 3. The van der Waals surface area contributed by atoms with Gasteiger partial charge in [0.2, 0.25) is 0 Å². The van der Waals surface area contributed by atoms with E-state index in [1.165, 1.54) is 13.8 Å². The van der Waals surface area contributed by atoms with E-state index in [9.17, 15) is 27.9 Å². The molecule has 1 amide bonds. The van der Waals surface area contributed by atoms with E-state index in [0.29, 0.717) is 18.4 Å². The van der Waals surface area contributed by atoms with Crippen LogP contribution in [0.2, 0.25) is 0 Å². The summed E-state index contributed by atoms with van der Waals surface area (Å²) in [5.41, 5.74) is 5.09. The van der Waals surface area contributed by atoms with Gasteiger partial charge in [0.1, 0.15) is 29.3 Å². The molecule has 0 heterocycles. The van der Waals surface area contributed by atoms with E-state index in [1.54, 1.807) is 26.0 Å². The largest absolute Gasteiger partial charge is 0.506 e. The number of carbonyl (C=O) groups is 2. The molecule has 0 unspecified atom stereocenters. The minimum absolute atomic E-state index is 0.169. The van der Waals surface area contributed by atoms with Crippen molar-refractivity contribution in [1.82, 2.24) is 0 Å². The van der Waals surface area contributed by atoms with Gasteiger partial charge in [0.25, 0.3) is 0 Å². The Labute approximate surface area is 196 Å².